The van der Waals surface area contributed by atoms with Crippen LogP contribution in [0.4, 0.5) is 5.69 Å². The summed E-state index contributed by atoms with van der Waals surface area (Å²) in [5.41, 5.74) is 6.20. The van der Waals surface area contributed by atoms with Gasteiger partial charge in [0.15, 0.2) is 0 Å². The summed E-state index contributed by atoms with van der Waals surface area (Å²) in [6.45, 7) is 5.28. The van der Waals surface area contributed by atoms with Gasteiger partial charge in [0.05, 0.1) is 29.8 Å². The molecule has 4 aromatic rings. The van der Waals surface area contributed by atoms with Gasteiger partial charge in [-0.05, 0) is 61.7 Å². The van der Waals surface area contributed by atoms with Gasteiger partial charge in [0.25, 0.3) is 17.7 Å². The van der Waals surface area contributed by atoms with E-state index in [2.05, 4.69) is 20.9 Å². The highest BCUT2D eigenvalue weighted by molar-refractivity contribution is 6.35. The van der Waals surface area contributed by atoms with E-state index in [1.807, 2.05) is 74.5 Å². The second-order valence-electron chi connectivity index (χ2n) is 10.2. The number of aryl methyl sites for hydroxylation is 1. The van der Waals surface area contributed by atoms with E-state index in [0.29, 0.717) is 44.9 Å². The fourth-order valence-electron chi connectivity index (χ4n) is 5.13. The molecule has 3 amide bonds. The molecule has 3 aromatic carbocycles. The average molecular weight is 549 g/mol. The highest BCUT2D eigenvalue weighted by atomic mass is 16.3. The average Bonchev–Trinajstić information content (AvgIpc) is 3.45. The lowest BCUT2D eigenvalue weighted by Crippen LogP contribution is -2.31. The lowest BCUT2D eigenvalue weighted by molar-refractivity contribution is -0.110. The third-order valence-electron chi connectivity index (χ3n) is 7.39. The minimum atomic E-state index is -0.555. The van der Waals surface area contributed by atoms with Crippen LogP contribution in [0.1, 0.15) is 73.4 Å². The highest BCUT2D eigenvalue weighted by Gasteiger charge is 2.27. The molecule has 5 N–H and O–H groups in total. The number of fused-ring (bicyclic) bond motifs is 1. The van der Waals surface area contributed by atoms with Crippen LogP contribution >= 0.6 is 0 Å². The number of benzene rings is 3. The second kappa shape index (κ2) is 11.7. The van der Waals surface area contributed by atoms with E-state index >= 15 is 0 Å². The predicted octanol–water partition coefficient (Wildman–Crippen LogP) is 5.08. The Hall–Kier alpha value is -4.95. The van der Waals surface area contributed by atoms with E-state index in [1.54, 1.807) is 31.2 Å². The molecular formula is C33H32N4O4. The van der Waals surface area contributed by atoms with E-state index in [-0.39, 0.29) is 30.4 Å². The van der Waals surface area contributed by atoms with Crippen LogP contribution in [0.5, 0.6) is 0 Å². The molecule has 1 aliphatic rings. The summed E-state index contributed by atoms with van der Waals surface area (Å²) in [5, 5.41) is 18.7. The third kappa shape index (κ3) is 5.69. The monoisotopic (exact) mass is 548 g/mol. The first-order valence-corrected chi connectivity index (χ1v) is 13.5. The number of hydrogen-bond donors (Lipinski definition) is 5. The molecule has 1 aliphatic heterocycles. The lowest BCUT2D eigenvalue weighted by Gasteiger charge is -2.17. The fourth-order valence-corrected chi connectivity index (χ4v) is 5.13. The zero-order valence-corrected chi connectivity index (χ0v) is 23.1. The minimum absolute atomic E-state index is 0.187. The van der Waals surface area contributed by atoms with Crippen molar-refractivity contribution in [1.82, 2.24) is 15.6 Å². The first-order valence-electron chi connectivity index (χ1n) is 13.5. The van der Waals surface area contributed by atoms with Crippen LogP contribution in [0.3, 0.4) is 0 Å². The number of aromatic amines is 1. The number of hydrogen-bond acceptors (Lipinski definition) is 4. The van der Waals surface area contributed by atoms with E-state index in [1.165, 1.54) is 0 Å². The number of aromatic nitrogens is 1. The number of anilines is 1. The van der Waals surface area contributed by atoms with Crippen molar-refractivity contribution < 1.29 is 19.5 Å². The van der Waals surface area contributed by atoms with Gasteiger partial charge < -0.3 is 26.0 Å². The summed E-state index contributed by atoms with van der Waals surface area (Å²) in [6.07, 6.45) is 1.70. The van der Waals surface area contributed by atoms with Gasteiger partial charge in [-0.25, -0.2) is 0 Å². The smallest absolute Gasteiger partial charge is 0.256 e. The molecule has 2 atom stereocenters. The number of aliphatic hydroxyl groups excluding tert-OH is 1. The van der Waals surface area contributed by atoms with Crippen molar-refractivity contribution in [3.05, 3.63) is 124 Å². The number of amides is 3. The maximum Gasteiger partial charge on any atom is 0.256 e. The summed E-state index contributed by atoms with van der Waals surface area (Å²) in [5.74, 6) is -0.866. The highest BCUT2D eigenvalue weighted by Crippen LogP contribution is 2.35. The molecule has 0 fully saturated rings. The first-order chi connectivity index (χ1) is 19.8. The van der Waals surface area contributed by atoms with Gasteiger partial charge >= 0.3 is 0 Å². The van der Waals surface area contributed by atoms with Crippen LogP contribution in [0.25, 0.3) is 11.6 Å². The van der Waals surface area contributed by atoms with Crippen LogP contribution < -0.4 is 16.0 Å². The van der Waals surface area contributed by atoms with Crippen LogP contribution in [0.2, 0.25) is 0 Å². The normalized spacial score (nSPS) is 14.7. The molecule has 41 heavy (non-hydrogen) atoms. The Morgan fingerprint density at radius 1 is 0.902 bits per heavy atom. The number of carbonyl (C=O) groups is 3. The molecule has 0 bridgehead atoms. The minimum Gasteiger partial charge on any atom is -0.394 e. The molecular weight excluding hydrogens is 516 g/mol. The first kappa shape index (κ1) is 27.6. The van der Waals surface area contributed by atoms with Crippen molar-refractivity contribution in [3.63, 3.8) is 0 Å². The summed E-state index contributed by atoms with van der Waals surface area (Å²) in [6, 6.07) is 23.3. The van der Waals surface area contributed by atoms with E-state index in [0.717, 1.165) is 11.1 Å². The topological polar surface area (TPSA) is 123 Å². The molecule has 208 valence electrons. The molecule has 0 unspecified atom stereocenters. The second-order valence-corrected chi connectivity index (χ2v) is 10.2. The molecule has 1 aromatic heterocycles. The van der Waals surface area contributed by atoms with Crippen LogP contribution in [0.15, 0.2) is 78.9 Å². The van der Waals surface area contributed by atoms with Crippen molar-refractivity contribution in [2.24, 2.45) is 0 Å². The van der Waals surface area contributed by atoms with Gasteiger partial charge in [-0.3, -0.25) is 14.4 Å². The Morgan fingerprint density at radius 3 is 2.22 bits per heavy atom. The van der Waals surface area contributed by atoms with E-state index < -0.39 is 6.04 Å². The summed E-state index contributed by atoms with van der Waals surface area (Å²) < 4.78 is 0. The largest absolute Gasteiger partial charge is 0.394 e. The maximum atomic E-state index is 13.3. The van der Waals surface area contributed by atoms with Gasteiger partial charge in [-0.15, -0.1) is 0 Å². The number of carbonyl (C=O) groups excluding carboxylic acids is 3. The lowest BCUT2D eigenvalue weighted by atomic mass is 10.0. The number of H-pyrrole nitrogens is 1. The summed E-state index contributed by atoms with van der Waals surface area (Å²) in [7, 11) is 0. The van der Waals surface area contributed by atoms with Gasteiger partial charge in [-0.2, -0.15) is 0 Å². The maximum absolute atomic E-state index is 13.3. The Balaban J connectivity index is 1.40. The Labute approximate surface area is 238 Å². The third-order valence-corrected chi connectivity index (χ3v) is 7.39. The van der Waals surface area contributed by atoms with Gasteiger partial charge in [0.2, 0.25) is 0 Å². The molecule has 0 saturated carbocycles. The summed E-state index contributed by atoms with van der Waals surface area (Å²) in [4.78, 5) is 42.5. The number of aliphatic hydroxyl groups is 1. The van der Waals surface area contributed by atoms with Crippen molar-refractivity contribution in [2.45, 2.75) is 32.9 Å². The zero-order valence-electron chi connectivity index (χ0n) is 23.1. The van der Waals surface area contributed by atoms with E-state index in [9.17, 15) is 19.5 Å². The van der Waals surface area contributed by atoms with Crippen molar-refractivity contribution in [2.75, 3.05) is 11.9 Å². The molecule has 5 rings (SSSR count). The van der Waals surface area contributed by atoms with Gasteiger partial charge in [0, 0.05) is 28.2 Å². The molecule has 0 aliphatic carbocycles. The molecule has 8 nitrogen and oxygen atoms in total. The zero-order chi connectivity index (χ0) is 29.1. The van der Waals surface area contributed by atoms with Crippen molar-refractivity contribution in [1.29, 1.82) is 0 Å². The molecule has 0 spiro atoms. The van der Waals surface area contributed by atoms with Crippen molar-refractivity contribution in [3.8, 4) is 0 Å². The number of nitrogens with one attached hydrogen (secondary N) is 4. The molecule has 0 saturated heterocycles. The quantitative estimate of drug-likeness (QED) is 0.197. The standard InChI is InChI=1S/C33H32N4O4/c1-19-28(34-21(3)30(19)33(41)37-29(18-38)23-12-8-5-9-13-23)17-26-25-16-24(14-15-27(25)36-32(26)40)31(39)35-20(2)22-10-6-4-7-11-22/h4-17,20,29,34,38H,18H2,1-3H3,(H,35,39)(H,36,40)(H,37,41)/b26-17-/t20-,29+/m1/s1. The number of rotatable bonds is 8. The SMILES string of the molecule is Cc1[nH]c(/C=C2\C(=O)Nc3ccc(C(=O)N[C@H](C)c4ccccc4)cc32)c(C)c1C(=O)N[C@@H](CO)c1ccccc1. The fraction of sp³-hybridized carbons (Fsp3) is 0.182. The van der Waals surface area contributed by atoms with Gasteiger partial charge in [-0.1, -0.05) is 60.7 Å². The van der Waals surface area contributed by atoms with Crippen LogP contribution in [-0.4, -0.2) is 34.4 Å². The molecule has 0 radical (unpaired) electrons. The Morgan fingerprint density at radius 2 is 1.56 bits per heavy atom. The van der Waals surface area contributed by atoms with Gasteiger partial charge in [0.1, 0.15) is 0 Å². The van der Waals surface area contributed by atoms with Crippen molar-refractivity contribution >= 4 is 35.1 Å². The van der Waals surface area contributed by atoms with E-state index in [4.69, 9.17) is 0 Å². The van der Waals surface area contributed by atoms with Crippen LogP contribution in [-0.2, 0) is 4.79 Å². The molecule has 8 heteroatoms. The Bertz CT molecular complexity index is 1640. The van der Waals surface area contributed by atoms with Crippen LogP contribution in [0, 0.1) is 13.8 Å². The predicted molar refractivity (Wildman–Crippen MR) is 159 cm³/mol. The molecule has 2 heterocycles. The summed E-state index contributed by atoms with van der Waals surface area (Å²) >= 11 is 0. The Kier molecular flexibility index (Phi) is 7.85.